The number of fused-ring (bicyclic) bond motifs is 3. The third-order valence-corrected chi connectivity index (χ3v) is 5.91. The van der Waals surface area contributed by atoms with Gasteiger partial charge >= 0.3 is 0 Å². The molecule has 0 atom stereocenters. The molecule has 0 bridgehead atoms. The van der Waals surface area contributed by atoms with Gasteiger partial charge in [0.2, 0.25) is 0 Å². The summed E-state index contributed by atoms with van der Waals surface area (Å²) in [5.41, 5.74) is 8.26. The van der Waals surface area contributed by atoms with Crippen LogP contribution in [-0.2, 0) is 17.9 Å². The molecular weight excluding hydrogens is 316 g/mol. The zero-order valence-electron chi connectivity index (χ0n) is 17.0. The van der Waals surface area contributed by atoms with E-state index in [2.05, 4.69) is 106 Å². The fourth-order valence-corrected chi connectivity index (χ4v) is 4.23. The Morgan fingerprint density at radius 3 is 2.35 bits per heavy atom. The van der Waals surface area contributed by atoms with Crippen molar-refractivity contribution in [1.29, 1.82) is 0 Å². The van der Waals surface area contributed by atoms with Crippen molar-refractivity contribution < 1.29 is 4.57 Å². The number of benzene rings is 2. The molecule has 0 aliphatic carbocycles. The van der Waals surface area contributed by atoms with Crippen LogP contribution in [0, 0.1) is 6.92 Å². The molecule has 2 aromatic carbocycles. The summed E-state index contributed by atoms with van der Waals surface area (Å²) in [6, 6.07) is 15.7. The molecule has 0 radical (unpaired) electrons. The van der Waals surface area contributed by atoms with Crippen LogP contribution in [0.3, 0.4) is 0 Å². The van der Waals surface area contributed by atoms with Gasteiger partial charge in [0.25, 0.3) is 5.82 Å². The van der Waals surface area contributed by atoms with E-state index in [1.165, 1.54) is 39.5 Å². The van der Waals surface area contributed by atoms with Crippen LogP contribution in [0.2, 0.25) is 0 Å². The predicted molar refractivity (Wildman–Crippen MR) is 108 cm³/mol. The standard InChI is InChI=1S/C24H29N2/c1-16-10-8-9-11-18(16)22-25(7)15-21-24(5,6)19-14-17(23(2,3)4)12-13-20(19)26(21)22/h8-15H,1-7H3/q+1. The summed E-state index contributed by atoms with van der Waals surface area (Å²) in [6.07, 6.45) is 2.30. The van der Waals surface area contributed by atoms with Crippen LogP contribution in [-0.4, -0.2) is 4.57 Å². The van der Waals surface area contributed by atoms with Gasteiger partial charge in [-0.25, -0.2) is 4.57 Å². The number of aryl methyl sites for hydroxylation is 2. The maximum absolute atomic E-state index is 2.46. The highest BCUT2D eigenvalue weighted by atomic mass is 15.2. The molecule has 0 unspecified atom stereocenters. The van der Waals surface area contributed by atoms with Gasteiger partial charge in [0.05, 0.1) is 18.0 Å². The Bertz CT molecular complexity index is 1010. The monoisotopic (exact) mass is 345 g/mol. The molecule has 2 heterocycles. The minimum absolute atomic E-state index is 0.00467. The van der Waals surface area contributed by atoms with Gasteiger partial charge in [-0.1, -0.05) is 45.0 Å². The molecular formula is C24H29N2+. The van der Waals surface area contributed by atoms with Gasteiger partial charge in [0.1, 0.15) is 11.9 Å². The minimum atomic E-state index is -0.00467. The number of imidazole rings is 1. The fraction of sp³-hybridized carbons (Fsp3) is 0.375. The molecule has 134 valence electrons. The quantitative estimate of drug-likeness (QED) is 0.535. The summed E-state index contributed by atoms with van der Waals surface area (Å²) in [5, 5.41) is 0. The van der Waals surface area contributed by atoms with E-state index in [0.717, 1.165) is 0 Å². The molecule has 26 heavy (non-hydrogen) atoms. The van der Waals surface area contributed by atoms with Crippen molar-refractivity contribution >= 4 is 0 Å². The molecule has 0 saturated heterocycles. The third kappa shape index (κ3) is 2.28. The van der Waals surface area contributed by atoms with Crippen LogP contribution >= 0.6 is 0 Å². The van der Waals surface area contributed by atoms with E-state index in [-0.39, 0.29) is 10.8 Å². The lowest BCUT2D eigenvalue weighted by atomic mass is 9.79. The van der Waals surface area contributed by atoms with Crippen LogP contribution in [0.4, 0.5) is 0 Å². The molecule has 3 aromatic rings. The number of nitrogens with zero attached hydrogens (tertiary/aromatic N) is 2. The fourth-order valence-electron chi connectivity index (χ4n) is 4.23. The highest BCUT2D eigenvalue weighted by Gasteiger charge is 2.45. The summed E-state index contributed by atoms with van der Waals surface area (Å²) in [7, 11) is 2.16. The van der Waals surface area contributed by atoms with Gasteiger partial charge in [-0.2, -0.15) is 4.57 Å². The van der Waals surface area contributed by atoms with Crippen LogP contribution < -0.4 is 4.57 Å². The van der Waals surface area contributed by atoms with Crippen LogP contribution in [0.1, 0.15) is 57.0 Å². The first-order valence-corrected chi connectivity index (χ1v) is 9.45. The van der Waals surface area contributed by atoms with Crippen molar-refractivity contribution in [3.8, 4) is 17.1 Å². The maximum atomic E-state index is 2.46. The van der Waals surface area contributed by atoms with Gasteiger partial charge in [-0.05, 0) is 55.5 Å². The highest BCUT2D eigenvalue weighted by molar-refractivity contribution is 5.67. The van der Waals surface area contributed by atoms with Gasteiger partial charge in [0.15, 0.2) is 5.69 Å². The Hall–Kier alpha value is -2.35. The van der Waals surface area contributed by atoms with Crippen molar-refractivity contribution in [2.45, 2.75) is 52.4 Å². The smallest absolute Gasteiger partial charge is 0.232 e. The lowest BCUT2D eigenvalue weighted by Crippen LogP contribution is -2.30. The predicted octanol–water partition coefficient (Wildman–Crippen LogP) is 5.21. The number of hydrogen-bond acceptors (Lipinski definition) is 0. The van der Waals surface area contributed by atoms with E-state index in [9.17, 15) is 0 Å². The Morgan fingerprint density at radius 2 is 1.69 bits per heavy atom. The molecule has 1 aliphatic rings. The number of rotatable bonds is 1. The average Bonchev–Trinajstić information content (AvgIpc) is 3.01. The number of aromatic nitrogens is 2. The SMILES string of the molecule is Cc1ccccc1-c1n2c(c[n+]1C)C(C)(C)c1cc(C(C)(C)C)ccc1-2. The lowest BCUT2D eigenvalue weighted by Gasteiger charge is -2.22. The first kappa shape index (κ1) is 17.1. The van der Waals surface area contributed by atoms with Gasteiger partial charge in [-0.3, -0.25) is 0 Å². The zero-order valence-corrected chi connectivity index (χ0v) is 17.0. The molecule has 1 aromatic heterocycles. The normalized spacial score (nSPS) is 15.0. The molecule has 0 saturated carbocycles. The van der Waals surface area contributed by atoms with Crippen molar-refractivity contribution in [2.75, 3.05) is 0 Å². The molecule has 0 amide bonds. The summed E-state index contributed by atoms with van der Waals surface area (Å²) in [5.74, 6) is 1.26. The third-order valence-electron chi connectivity index (χ3n) is 5.91. The molecule has 2 heteroatoms. The topological polar surface area (TPSA) is 8.81 Å². The minimum Gasteiger partial charge on any atom is -0.232 e. The summed E-state index contributed by atoms with van der Waals surface area (Å²) in [4.78, 5) is 0. The van der Waals surface area contributed by atoms with E-state index >= 15 is 0 Å². The molecule has 0 fully saturated rings. The van der Waals surface area contributed by atoms with Crippen molar-refractivity contribution in [1.82, 2.24) is 4.57 Å². The Balaban J connectivity index is 2.03. The summed E-state index contributed by atoms with van der Waals surface area (Å²) in [6.45, 7) is 13.7. The average molecular weight is 346 g/mol. The number of hydrogen-bond donors (Lipinski definition) is 0. The zero-order chi connectivity index (χ0) is 18.9. The highest BCUT2D eigenvalue weighted by Crippen LogP contribution is 2.46. The van der Waals surface area contributed by atoms with Crippen molar-refractivity contribution in [3.63, 3.8) is 0 Å². The van der Waals surface area contributed by atoms with Crippen molar-refractivity contribution in [3.05, 3.63) is 71.0 Å². The molecule has 4 rings (SSSR count). The van der Waals surface area contributed by atoms with Gasteiger partial charge in [0, 0.05) is 5.56 Å². The molecule has 0 N–H and O–H groups in total. The Labute approximate surface area is 157 Å². The van der Waals surface area contributed by atoms with Crippen LogP contribution in [0.5, 0.6) is 0 Å². The second-order valence-electron chi connectivity index (χ2n) is 9.21. The van der Waals surface area contributed by atoms with E-state index in [1.54, 1.807) is 0 Å². The Kier molecular flexibility index (Phi) is 3.50. The van der Waals surface area contributed by atoms with E-state index in [4.69, 9.17) is 0 Å². The van der Waals surface area contributed by atoms with Crippen molar-refractivity contribution in [2.24, 2.45) is 7.05 Å². The Morgan fingerprint density at radius 1 is 1.00 bits per heavy atom. The lowest BCUT2D eigenvalue weighted by molar-refractivity contribution is -0.659. The first-order chi connectivity index (χ1) is 12.1. The molecule has 1 aliphatic heterocycles. The van der Waals surface area contributed by atoms with E-state index < -0.39 is 0 Å². The second-order valence-corrected chi connectivity index (χ2v) is 9.21. The second kappa shape index (κ2) is 5.33. The van der Waals surface area contributed by atoms with E-state index in [0.29, 0.717) is 0 Å². The summed E-state index contributed by atoms with van der Waals surface area (Å²) < 4.78 is 4.74. The molecule has 2 nitrogen and oxygen atoms in total. The van der Waals surface area contributed by atoms with Gasteiger partial charge < -0.3 is 0 Å². The largest absolute Gasteiger partial charge is 0.294 e. The van der Waals surface area contributed by atoms with E-state index in [1.807, 2.05) is 0 Å². The summed E-state index contributed by atoms with van der Waals surface area (Å²) >= 11 is 0. The van der Waals surface area contributed by atoms with Crippen LogP contribution in [0.25, 0.3) is 17.1 Å². The first-order valence-electron chi connectivity index (χ1n) is 9.45. The van der Waals surface area contributed by atoms with Crippen LogP contribution in [0.15, 0.2) is 48.7 Å². The van der Waals surface area contributed by atoms with Gasteiger partial charge in [-0.15, -0.1) is 0 Å². The molecule has 0 spiro atoms. The maximum Gasteiger partial charge on any atom is 0.294 e.